The fraction of sp³-hybridized carbons (Fsp3) is 0.650. The van der Waals surface area contributed by atoms with Gasteiger partial charge in [0.15, 0.2) is 0 Å². The van der Waals surface area contributed by atoms with Crippen molar-refractivity contribution < 1.29 is 4.79 Å². The van der Waals surface area contributed by atoms with E-state index in [0.29, 0.717) is 11.8 Å². The zero-order valence-corrected chi connectivity index (χ0v) is 14.5. The number of piperazine rings is 1. The number of carbonyl (C=O) groups excluding carboxylic acids is 1. The number of rotatable bonds is 3. The highest BCUT2D eigenvalue weighted by atomic mass is 16.2. The smallest absolute Gasteiger partial charge is 0.230 e. The number of hydrogen-bond acceptors (Lipinski definition) is 3. The third-order valence-electron chi connectivity index (χ3n) is 6.37. The maximum absolute atomic E-state index is 13.3. The zero-order chi connectivity index (χ0) is 16.4. The van der Waals surface area contributed by atoms with Gasteiger partial charge in [0, 0.05) is 39.3 Å². The Morgan fingerprint density at radius 3 is 2.71 bits per heavy atom. The van der Waals surface area contributed by atoms with Crippen LogP contribution in [-0.2, 0) is 11.3 Å². The van der Waals surface area contributed by atoms with Crippen LogP contribution in [0.1, 0.15) is 31.2 Å². The Labute approximate surface area is 145 Å². The highest BCUT2D eigenvalue weighted by molar-refractivity contribution is 5.84. The van der Waals surface area contributed by atoms with E-state index in [1.54, 1.807) is 0 Å². The van der Waals surface area contributed by atoms with Crippen LogP contribution in [0.2, 0.25) is 0 Å². The molecule has 3 fully saturated rings. The molecule has 0 unspecified atom stereocenters. The number of hydrogen-bond donors (Lipinski definition) is 1. The summed E-state index contributed by atoms with van der Waals surface area (Å²) in [6.07, 6.45) is 4.84. The predicted molar refractivity (Wildman–Crippen MR) is 95.6 cm³/mol. The van der Waals surface area contributed by atoms with E-state index >= 15 is 0 Å². The van der Waals surface area contributed by atoms with Crippen LogP contribution in [0.5, 0.6) is 0 Å². The molecular formula is C20H29N3O. The summed E-state index contributed by atoms with van der Waals surface area (Å²) in [4.78, 5) is 17.9. The van der Waals surface area contributed by atoms with Gasteiger partial charge in [-0.1, -0.05) is 43.2 Å². The molecule has 1 aliphatic carbocycles. The van der Waals surface area contributed by atoms with E-state index in [1.165, 1.54) is 24.8 Å². The lowest BCUT2D eigenvalue weighted by Crippen LogP contribution is -2.55. The minimum Gasteiger partial charge on any atom is -0.340 e. The molecule has 0 bridgehead atoms. The summed E-state index contributed by atoms with van der Waals surface area (Å²) in [7, 11) is 0. The number of nitrogens with zero attached hydrogens (tertiary/aromatic N) is 2. The molecule has 3 aliphatic rings. The average molecular weight is 327 g/mol. The van der Waals surface area contributed by atoms with Crippen molar-refractivity contribution in [3.63, 3.8) is 0 Å². The fourth-order valence-electron chi connectivity index (χ4n) is 4.93. The molecule has 0 aromatic heterocycles. The molecule has 4 nitrogen and oxygen atoms in total. The van der Waals surface area contributed by atoms with Gasteiger partial charge in [0.05, 0.1) is 5.41 Å². The first-order valence-electron chi connectivity index (χ1n) is 9.54. The van der Waals surface area contributed by atoms with Crippen LogP contribution in [0.15, 0.2) is 30.3 Å². The fourth-order valence-corrected chi connectivity index (χ4v) is 4.93. The summed E-state index contributed by atoms with van der Waals surface area (Å²) in [6, 6.07) is 10.6. The maximum Gasteiger partial charge on any atom is 0.230 e. The highest BCUT2D eigenvalue weighted by Crippen LogP contribution is 2.45. The quantitative estimate of drug-likeness (QED) is 0.924. The van der Waals surface area contributed by atoms with Crippen LogP contribution >= 0.6 is 0 Å². The molecular weight excluding hydrogens is 298 g/mol. The van der Waals surface area contributed by atoms with Crippen LogP contribution in [0.4, 0.5) is 0 Å². The summed E-state index contributed by atoms with van der Waals surface area (Å²) in [5.41, 5.74) is 1.28. The van der Waals surface area contributed by atoms with E-state index in [2.05, 4.69) is 45.4 Å². The van der Waals surface area contributed by atoms with E-state index in [-0.39, 0.29) is 5.41 Å². The van der Waals surface area contributed by atoms with Gasteiger partial charge in [-0.3, -0.25) is 9.69 Å². The Morgan fingerprint density at radius 1 is 1.12 bits per heavy atom. The van der Waals surface area contributed by atoms with Crippen molar-refractivity contribution in [2.24, 2.45) is 11.3 Å². The molecule has 1 saturated carbocycles. The Balaban J connectivity index is 1.36. The molecule has 0 spiro atoms. The summed E-state index contributed by atoms with van der Waals surface area (Å²) in [5, 5.41) is 3.51. The van der Waals surface area contributed by atoms with Gasteiger partial charge < -0.3 is 10.2 Å². The van der Waals surface area contributed by atoms with Crippen LogP contribution in [0.25, 0.3) is 0 Å². The molecule has 4 heteroatoms. The van der Waals surface area contributed by atoms with E-state index < -0.39 is 0 Å². The predicted octanol–water partition coefficient (Wildman–Crippen LogP) is 2.11. The first kappa shape index (κ1) is 16.1. The van der Waals surface area contributed by atoms with Crippen LogP contribution < -0.4 is 5.32 Å². The lowest BCUT2D eigenvalue weighted by atomic mass is 9.67. The molecule has 2 aliphatic heterocycles. The van der Waals surface area contributed by atoms with Gasteiger partial charge in [0.25, 0.3) is 0 Å². The average Bonchev–Trinajstić information content (AvgIpc) is 3.08. The first-order valence-corrected chi connectivity index (χ1v) is 9.54. The number of carbonyl (C=O) groups is 1. The molecule has 130 valence electrons. The third-order valence-corrected chi connectivity index (χ3v) is 6.37. The van der Waals surface area contributed by atoms with Crippen molar-refractivity contribution in [1.29, 1.82) is 0 Å². The first-order chi connectivity index (χ1) is 11.8. The molecule has 0 radical (unpaired) electrons. The number of nitrogens with one attached hydrogen (secondary N) is 1. The number of amides is 1. The van der Waals surface area contributed by atoms with Crippen LogP contribution in [0.3, 0.4) is 0 Å². The zero-order valence-electron chi connectivity index (χ0n) is 14.5. The van der Waals surface area contributed by atoms with E-state index in [0.717, 1.165) is 52.2 Å². The molecule has 1 aromatic carbocycles. The van der Waals surface area contributed by atoms with Crippen LogP contribution in [-0.4, -0.2) is 55.0 Å². The lowest BCUT2D eigenvalue weighted by molar-refractivity contribution is -0.147. The lowest BCUT2D eigenvalue weighted by Gasteiger charge is -2.43. The summed E-state index contributed by atoms with van der Waals surface area (Å²) in [5.74, 6) is 1.01. The molecule has 1 N–H and O–H groups in total. The van der Waals surface area contributed by atoms with Crippen molar-refractivity contribution in [3.8, 4) is 0 Å². The second-order valence-electron chi connectivity index (χ2n) is 7.78. The van der Waals surface area contributed by atoms with Gasteiger partial charge in [-0.25, -0.2) is 0 Å². The molecule has 2 atom stereocenters. The van der Waals surface area contributed by atoms with E-state index in [9.17, 15) is 4.79 Å². The Hall–Kier alpha value is -1.39. The SMILES string of the molecule is O=C(N1CCN(Cc2ccccc2)CC1)[C@@]12CCCC[C@H]1CNC2. The summed E-state index contributed by atoms with van der Waals surface area (Å²) < 4.78 is 0. The Bertz CT molecular complexity index is 568. The topological polar surface area (TPSA) is 35.6 Å². The third kappa shape index (κ3) is 2.98. The second-order valence-corrected chi connectivity index (χ2v) is 7.78. The molecule has 1 aromatic rings. The summed E-state index contributed by atoms with van der Waals surface area (Å²) >= 11 is 0. The van der Waals surface area contributed by atoms with E-state index in [4.69, 9.17) is 0 Å². The number of benzene rings is 1. The maximum atomic E-state index is 13.3. The molecule has 4 rings (SSSR count). The molecule has 2 saturated heterocycles. The van der Waals surface area contributed by atoms with Gasteiger partial charge in [-0.05, 0) is 30.9 Å². The van der Waals surface area contributed by atoms with Crippen molar-refractivity contribution >= 4 is 5.91 Å². The van der Waals surface area contributed by atoms with Crippen LogP contribution in [0, 0.1) is 11.3 Å². The molecule has 2 heterocycles. The highest BCUT2D eigenvalue weighted by Gasteiger charge is 2.51. The number of fused-ring (bicyclic) bond motifs is 1. The monoisotopic (exact) mass is 327 g/mol. The van der Waals surface area contributed by atoms with Gasteiger partial charge >= 0.3 is 0 Å². The molecule has 1 amide bonds. The Kier molecular flexibility index (Phi) is 4.59. The second kappa shape index (κ2) is 6.85. The normalized spacial score (nSPS) is 31.0. The summed E-state index contributed by atoms with van der Waals surface area (Å²) in [6.45, 7) is 6.71. The minimum absolute atomic E-state index is 0.0835. The van der Waals surface area contributed by atoms with Gasteiger partial charge in [0.2, 0.25) is 5.91 Å². The van der Waals surface area contributed by atoms with Gasteiger partial charge in [-0.2, -0.15) is 0 Å². The van der Waals surface area contributed by atoms with Gasteiger partial charge in [-0.15, -0.1) is 0 Å². The standard InChI is InChI=1S/C20H29N3O/c24-19(20-9-5-4-8-18(20)14-21-16-20)23-12-10-22(11-13-23)15-17-6-2-1-3-7-17/h1-3,6-7,18,21H,4-5,8-16H2/t18-,20+/m0/s1. The van der Waals surface area contributed by atoms with Gasteiger partial charge in [0.1, 0.15) is 0 Å². The molecule has 24 heavy (non-hydrogen) atoms. The Morgan fingerprint density at radius 2 is 1.92 bits per heavy atom. The van der Waals surface area contributed by atoms with Crippen molar-refractivity contribution in [2.75, 3.05) is 39.3 Å². The minimum atomic E-state index is -0.0835. The van der Waals surface area contributed by atoms with E-state index in [1.807, 2.05) is 0 Å². The largest absolute Gasteiger partial charge is 0.340 e. The van der Waals surface area contributed by atoms with Crippen molar-refractivity contribution in [2.45, 2.75) is 32.2 Å². The van der Waals surface area contributed by atoms with Crippen molar-refractivity contribution in [3.05, 3.63) is 35.9 Å². The van der Waals surface area contributed by atoms with Crippen molar-refractivity contribution in [1.82, 2.24) is 15.1 Å².